The molecular weight excluding hydrogens is 1270 g/mol. The maximum absolute atomic E-state index is 13.2. The summed E-state index contributed by atoms with van der Waals surface area (Å²) in [5.41, 5.74) is 4.33. The number of halogens is 3. The van der Waals surface area contributed by atoms with Crippen molar-refractivity contribution in [3.8, 4) is 5.75 Å². The number of aryl methyl sites for hydroxylation is 1. The molecule has 0 spiro atoms. The Balaban J connectivity index is 0.000000153. The van der Waals surface area contributed by atoms with E-state index in [0.29, 0.717) is 40.3 Å². The van der Waals surface area contributed by atoms with Gasteiger partial charge in [-0.1, -0.05) is 48.5 Å². The van der Waals surface area contributed by atoms with Crippen LogP contribution in [0.4, 0.5) is 13.2 Å². The molecule has 0 radical (unpaired) electrons. The first-order valence-electron chi connectivity index (χ1n) is 27.7. The molecular formula is C64H54F3N11O12S3. The van der Waals surface area contributed by atoms with Gasteiger partial charge >= 0.3 is 6.18 Å². The van der Waals surface area contributed by atoms with Crippen LogP contribution in [0.15, 0.2) is 241 Å². The third-order valence-electron chi connectivity index (χ3n) is 14.0. The largest absolute Gasteiger partial charge is 0.495 e. The zero-order valence-electron chi connectivity index (χ0n) is 49.3. The second-order valence-corrected chi connectivity index (χ2v) is 26.2. The van der Waals surface area contributed by atoms with Crippen molar-refractivity contribution in [1.29, 1.82) is 0 Å². The highest BCUT2D eigenvalue weighted by Crippen LogP contribution is 2.35. The minimum absolute atomic E-state index is 0.0535. The maximum Gasteiger partial charge on any atom is 0.436 e. The van der Waals surface area contributed by atoms with Gasteiger partial charge in [-0.2, -0.15) is 18.3 Å². The second-order valence-electron chi connectivity index (χ2n) is 20.4. The number of imidazole rings is 2. The summed E-state index contributed by atoms with van der Waals surface area (Å²) in [4.78, 5) is 52.6. The Morgan fingerprint density at radius 1 is 0.538 bits per heavy atom. The quantitative estimate of drug-likeness (QED) is 0.0721. The summed E-state index contributed by atoms with van der Waals surface area (Å²) in [5, 5.41) is 12.3. The van der Waals surface area contributed by atoms with Gasteiger partial charge in [0.15, 0.2) is 17.0 Å². The molecule has 0 saturated heterocycles. The molecule has 4 aromatic carbocycles. The van der Waals surface area contributed by atoms with Crippen molar-refractivity contribution in [2.24, 2.45) is 7.05 Å². The molecule has 23 nitrogen and oxygen atoms in total. The Labute approximate surface area is 529 Å². The van der Waals surface area contributed by atoms with Gasteiger partial charge in [0.05, 0.1) is 61.7 Å². The van der Waals surface area contributed by atoms with Crippen molar-refractivity contribution >= 4 is 69.5 Å². The number of ether oxygens (including phenoxy) is 2. The summed E-state index contributed by atoms with van der Waals surface area (Å²) in [6.07, 6.45) is 11.9. The van der Waals surface area contributed by atoms with Gasteiger partial charge in [-0.15, -0.1) is 0 Å². The van der Waals surface area contributed by atoms with Crippen LogP contribution in [0.1, 0.15) is 59.2 Å². The van der Waals surface area contributed by atoms with Crippen LogP contribution in [0.2, 0.25) is 0 Å². The van der Waals surface area contributed by atoms with Gasteiger partial charge < -0.3 is 38.6 Å². The molecule has 0 saturated carbocycles. The molecule has 8 aromatic heterocycles. The fourth-order valence-electron chi connectivity index (χ4n) is 9.19. The Morgan fingerprint density at radius 2 is 1.06 bits per heavy atom. The molecule has 3 N–H and O–H groups in total. The number of sulfone groups is 3. The number of carbonyl (C=O) groups excluding carboxylic acids is 3. The number of alkyl halides is 3. The number of nitrogens with zero attached hydrogens (tertiary/aromatic N) is 8. The fourth-order valence-corrected chi connectivity index (χ4v) is 13.2. The fraction of sp³-hybridized carbons (Fsp3) is 0.125. The molecule has 0 unspecified atom stereocenters. The van der Waals surface area contributed by atoms with E-state index in [1.165, 1.54) is 81.1 Å². The second kappa shape index (κ2) is 27.7. The number of methoxy groups -OCH3 is 2. The van der Waals surface area contributed by atoms with Crippen LogP contribution in [-0.4, -0.2) is 95.7 Å². The summed E-state index contributed by atoms with van der Waals surface area (Å²) in [6.45, 7) is 0.936. The lowest BCUT2D eigenvalue weighted by atomic mass is 10.2. The van der Waals surface area contributed by atoms with Gasteiger partial charge in [-0.05, 0) is 107 Å². The predicted molar refractivity (Wildman–Crippen MR) is 330 cm³/mol. The molecule has 0 aliphatic carbocycles. The van der Waals surface area contributed by atoms with Gasteiger partial charge in [0.25, 0.3) is 17.7 Å². The summed E-state index contributed by atoms with van der Waals surface area (Å²) < 4.78 is 136. The minimum atomic E-state index is -4.91. The molecule has 0 atom stereocenters. The number of fused-ring (bicyclic) bond motifs is 3. The van der Waals surface area contributed by atoms with E-state index in [4.69, 9.17) is 13.9 Å². The van der Waals surface area contributed by atoms with Gasteiger partial charge in [-0.25, -0.2) is 35.2 Å². The zero-order chi connectivity index (χ0) is 66.1. The maximum atomic E-state index is 13.2. The molecule has 12 rings (SSSR count). The molecule has 12 aromatic rings. The number of aromatic nitrogens is 8. The molecule has 29 heteroatoms. The number of hydrogen-bond acceptors (Lipinski definition) is 17. The number of benzene rings is 4. The topological polar surface area (TPSA) is 300 Å². The first-order chi connectivity index (χ1) is 44.5. The number of nitrogens with one attached hydrogen (secondary N) is 3. The van der Waals surface area contributed by atoms with Gasteiger partial charge in [0, 0.05) is 101 Å². The lowest BCUT2D eigenvalue weighted by Crippen LogP contribution is -2.23. The van der Waals surface area contributed by atoms with Crippen LogP contribution >= 0.6 is 0 Å². The highest BCUT2D eigenvalue weighted by Gasteiger charge is 2.41. The minimum Gasteiger partial charge on any atom is -0.495 e. The van der Waals surface area contributed by atoms with E-state index in [2.05, 4.69) is 41.0 Å². The van der Waals surface area contributed by atoms with Crippen molar-refractivity contribution in [3.63, 3.8) is 0 Å². The van der Waals surface area contributed by atoms with Crippen LogP contribution in [-0.2, 0) is 73.7 Å². The first kappa shape index (κ1) is 65.1. The number of pyridine rings is 4. The number of amides is 3. The Bertz CT molecular complexity index is 5030. The van der Waals surface area contributed by atoms with E-state index in [-0.39, 0.29) is 67.6 Å². The Morgan fingerprint density at radius 3 is 1.58 bits per heavy atom. The first-order valence-corrected chi connectivity index (χ1v) is 32.2. The number of hydrogen-bond donors (Lipinski definition) is 3. The van der Waals surface area contributed by atoms with E-state index in [0.717, 1.165) is 38.6 Å². The number of furan rings is 1. The van der Waals surface area contributed by atoms with Crippen molar-refractivity contribution in [2.45, 2.75) is 61.8 Å². The molecule has 93 heavy (non-hydrogen) atoms. The van der Waals surface area contributed by atoms with E-state index in [1.54, 1.807) is 144 Å². The molecule has 0 fully saturated rings. The predicted octanol–water partition coefficient (Wildman–Crippen LogP) is 9.09. The third kappa shape index (κ3) is 15.3. The van der Waals surface area contributed by atoms with E-state index >= 15 is 0 Å². The van der Waals surface area contributed by atoms with Crippen molar-refractivity contribution in [1.82, 2.24) is 54.5 Å². The van der Waals surface area contributed by atoms with Crippen molar-refractivity contribution < 1.29 is 66.7 Å². The summed E-state index contributed by atoms with van der Waals surface area (Å²) >= 11 is 0. The average Bonchev–Trinajstić information content (AvgIpc) is 1.83. The number of rotatable bonds is 18. The van der Waals surface area contributed by atoms with Gasteiger partial charge in [0.2, 0.25) is 29.5 Å². The summed E-state index contributed by atoms with van der Waals surface area (Å²) in [5.74, 6) is -0.377. The van der Waals surface area contributed by atoms with Crippen LogP contribution in [0.25, 0.3) is 22.3 Å². The summed E-state index contributed by atoms with van der Waals surface area (Å²) in [6, 6.07) is 36.3. The van der Waals surface area contributed by atoms with Crippen LogP contribution in [0, 0.1) is 0 Å². The third-order valence-corrected chi connectivity index (χ3v) is 19.3. The SMILES string of the molecule is COCc1cccc(S(=O)(=O)c2ccc(CNC(=O)c3cc4ccncc4o3)cc2)c1.COc1cncc(S(=O)(=O)c2ccc(CNC(=O)c3ccc4nccn4c3)cc2)c1.Cn1cc(S(=O)(=O)c2ccc(CNC(=O)c3ccc4nccn4c3)cc2)c(C(F)(F)F)n1. The van der Waals surface area contributed by atoms with Crippen molar-refractivity contribution in [3.05, 3.63) is 253 Å². The monoisotopic (exact) mass is 1320 g/mol. The smallest absolute Gasteiger partial charge is 0.436 e. The molecule has 0 aliphatic rings. The molecule has 0 aliphatic heterocycles. The van der Waals surface area contributed by atoms with Gasteiger partial charge in [0.1, 0.15) is 21.9 Å². The lowest BCUT2D eigenvalue weighted by molar-refractivity contribution is -0.143. The lowest BCUT2D eigenvalue weighted by Gasteiger charge is -2.09. The molecule has 476 valence electrons. The van der Waals surface area contributed by atoms with E-state index in [1.807, 2.05) is 6.07 Å². The zero-order valence-corrected chi connectivity index (χ0v) is 51.7. The van der Waals surface area contributed by atoms with E-state index < -0.39 is 46.3 Å². The normalized spacial score (nSPS) is 11.7. The Kier molecular flexibility index (Phi) is 19.4. The Hall–Kier alpha value is -10.9. The van der Waals surface area contributed by atoms with Crippen molar-refractivity contribution in [2.75, 3.05) is 14.2 Å². The van der Waals surface area contributed by atoms with Crippen LogP contribution in [0.5, 0.6) is 5.75 Å². The average molecular weight is 1320 g/mol. The molecule has 8 heterocycles. The van der Waals surface area contributed by atoms with Crippen LogP contribution < -0.4 is 20.7 Å². The number of carbonyl (C=O) groups is 3. The van der Waals surface area contributed by atoms with Gasteiger partial charge in [-0.3, -0.25) is 29.0 Å². The highest BCUT2D eigenvalue weighted by atomic mass is 32.2. The van der Waals surface area contributed by atoms with Crippen LogP contribution in [0.3, 0.4) is 0 Å². The van der Waals surface area contributed by atoms with E-state index in [9.17, 15) is 52.8 Å². The highest BCUT2D eigenvalue weighted by molar-refractivity contribution is 7.92. The molecule has 3 amide bonds. The molecule has 0 bridgehead atoms. The summed E-state index contributed by atoms with van der Waals surface area (Å²) in [7, 11) is -7.58. The standard InChI is InChI=1S/C23H20N2O5S.C21H18N4O4S.C20H16F3N5O3S/c1-29-15-17-3-2-4-20(11-17)31(27,28)19-7-5-16(6-8-19)13-25-23(26)21-12-18-9-10-24-14-22(18)30-21;1-29-17-10-19(13-22-12-17)30(27,28)18-5-2-15(3-6-18)11-24-21(26)16-4-7-20-23-8-9-25(20)14-16;1-27-12-16(18(26-27)20(21,22)23)32(30,31)15-5-2-13(3-6-15)10-25-19(29)14-4-7-17-24-8-9-28(17)11-14/h2-12,14H,13,15H2,1H3,(H,25,26);2-10,12-14H,11H2,1H3,(H,24,26);2-9,11-12H,10H2,1H3,(H,25,29).